The van der Waals surface area contributed by atoms with Gasteiger partial charge in [0.2, 0.25) is 0 Å². The first-order chi connectivity index (χ1) is 15.3. The average Bonchev–Trinajstić information content (AvgIpc) is 3.38. The van der Waals surface area contributed by atoms with Crippen LogP contribution in [0.25, 0.3) is 11.1 Å². The van der Waals surface area contributed by atoms with Crippen LogP contribution in [0, 0.1) is 0 Å². The monoisotopic (exact) mass is 415 g/mol. The molecule has 3 N–H and O–H groups in total. The Morgan fingerprint density at radius 2 is 2.03 bits per heavy atom. The van der Waals surface area contributed by atoms with E-state index in [1.54, 1.807) is 0 Å². The summed E-state index contributed by atoms with van der Waals surface area (Å²) in [6.07, 6.45) is 5.29. The molecular formula is C26H29N3O2. The Morgan fingerprint density at radius 1 is 1.13 bits per heavy atom. The van der Waals surface area contributed by atoms with Crippen LogP contribution in [0.5, 0.6) is 0 Å². The van der Waals surface area contributed by atoms with Gasteiger partial charge in [-0.25, -0.2) is 4.98 Å². The summed E-state index contributed by atoms with van der Waals surface area (Å²) >= 11 is 0. The molecule has 2 aromatic carbocycles. The summed E-state index contributed by atoms with van der Waals surface area (Å²) in [6.45, 7) is 2.60. The summed E-state index contributed by atoms with van der Waals surface area (Å²) in [6, 6.07) is 18.9. The van der Waals surface area contributed by atoms with Gasteiger partial charge in [-0.1, -0.05) is 36.4 Å². The number of aliphatic hydroxyl groups is 1. The van der Waals surface area contributed by atoms with E-state index in [-0.39, 0.29) is 12.6 Å². The number of fused-ring (bicyclic) bond motifs is 1. The number of ether oxygens (including phenoxy) is 1. The van der Waals surface area contributed by atoms with Gasteiger partial charge >= 0.3 is 0 Å². The predicted molar refractivity (Wildman–Crippen MR) is 123 cm³/mol. The summed E-state index contributed by atoms with van der Waals surface area (Å²) < 4.78 is 5.77. The largest absolute Gasteiger partial charge is 0.394 e. The number of aliphatic hydroxyl groups excluding tert-OH is 1. The Balaban J connectivity index is 1.41. The first-order valence-corrected chi connectivity index (χ1v) is 11.2. The Hall–Kier alpha value is -2.73. The number of hydrogen-bond donors (Lipinski definition) is 3. The summed E-state index contributed by atoms with van der Waals surface area (Å²) in [7, 11) is 0. The van der Waals surface area contributed by atoms with E-state index < -0.39 is 0 Å². The molecular weight excluding hydrogens is 386 g/mol. The van der Waals surface area contributed by atoms with E-state index in [1.807, 2.05) is 42.6 Å². The standard InChI is InChI=1S/C26H29N3O2/c30-16-25(18-5-2-1-3-6-18)29-26-9-8-20(15-28-26)21-13-19-10-12-31-17-23(19)22(14-21)24-7-4-11-27-24/h1-3,5-6,8-9,13-15,24-25,27,30H,4,7,10-12,16-17H2,(H,28,29). The first-order valence-electron chi connectivity index (χ1n) is 11.2. The van der Waals surface area contributed by atoms with E-state index in [1.165, 1.54) is 35.1 Å². The summed E-state index contributed by atoms with van der Waals surface area (Å²) in [5, 5.41) is 16.8. The molecule has 0 bridgehead atoms. The van der Waals surface area contributed by atoms with Crippen LogP contribution in [0.3, 0.4) is 0 Å². The van der Waals surface area contributed by atoms with Crippen LogP contribution >= 0.6 is 0 Å². The fourth-order valence-corrected chi connectivity index (χ4v) is 4.69. The van der Waals surface area contributed by atoms with Crippen LogP contribution in [0.15, 0.2) is 60.8 Å². The van der Waals surface area contributed by atoms with Gasteiger partial charge in [-0.05, 0) is 71.8 Å². The highest BCUT2D eigenvalue weighted by molar-refractivity contribution is 5.67. The van der Waals surface area contributed by atoms with Crippen molar-refractivity contribution in [3.63, 3.8) is 0 Å². The second-order valence-corrected chi connectivity index (χ2v) is 8.38. The van der Waals surface area contributed by atoms with Gasteiger partial charge in [0, 0.05) is 17.8 Å². The lowest BCUT2D eigenvalue weighted by molar-refractivity contribution is 0.109. The number of hydrogen-bond acceptors (Lipinski definition) is 5. The molecule has 2 aliphatic heterocycles. The van der Waals surface area contributed by atoms with Crippen LogP contribution < -0.4 is 10.6 Å². The Labute approximate surface area is 183 Å². The van der Waals surface area contributed by atoms with E-state index in [2.05, 4.69) is 33.8 Å². The molecule has 5 rings (SSSR count). The van der Waals surface area contributed by atoms with Crippen molar-refractivity contribution in [1.29, 1.82) is 0 Å². The molecule has 2 atom stereocenters. The zero-order valence-corrected chi connectivity index (χ0v) is 17.7. The molecule has 1 fully saturated rings. The van der Waals surface area contributed by atoms with Crippen molar-refractivity contribution in [2.24, 2.45) is 0 Å². The third-order valence-electron chi connectivity index (χ3n) is 6.38. The third-order valence-corrected chi connectivity index (χ3v) is 6.38. The van der Waals surface area contributed by atoms with Crippen LogP contribution in [-0.2, 0) is 17.8 Å². The van der Waals surface area contributed by atoms with Crippen LogP contribution in [0.1, 0.15) is 47.2 Å². The van der Waals surface area contributed by atoms with Gasteiger partial charge in [0.15, 0.2) is 0 Å². The van der Waals surface area contributed by atoms with Crippen molar-refractivity contribution in [3.8, 4) is 11.1 Å². The zero-order valence-electron chi connectivity index (χ0n) is 17.7. The Morgan fingerprint density at radius 3 is 2.77 bits per heavy atom. The highest BCUT2D eigenvalue weighted by Gasteiger charge is 2.24. The Kier molecular flexibility index (Phi) is 5.98. The SMILES string of the molecule is OCC(Nc1ccc(-c2cc3c(c(C4CCCN4)c2)COCC3)cn1)c1ccccc1. The van der Waals surface area contributed by atoms with E-state index in [4.69, 9.17) is 4.74 Å². The van der Waals surface area contributed by atoms with Gasteiger partial charge in [0.1, 0.15) is 5.82 Å². The molecule has 31 heavy (non-hydrogen) atoms. The average molecular weight is 416 g/mol. The maximum Gasteiger partial charge on any atom is 0.126 e. The number of rotatable bonds is 6. The van der Waals surface area contributed by atoms with E-state index in [9.17, 15) is 5.11 Å². The van der Waals surface area contributed by atoms with Gasteiger partial charge in [0.25, 0.3) is 0 Å². The molecule has 2 aliphatic rings. The maximum atomic E-state index is 9.81. The molecule has 5 nitrogen and oxygen atoms in total. The lowest BCUT2D eigenvalue weighted by Gasteiger charge is -2.24. The lowest BCUT2D eigenvalue weighted by atomic mass is 9.89. The van der Waals surface area contributed by atoms with Gasteiger partial charge in [0.05, 0.1) is 25.9 Å². The molecule has 0 aliphatic carbocycles. The maximum absolute atomic E-state index is 9.81. The molecule has 160 valence electrons. The molecule has 2 unspecified atom stereocenters. The minimum absolute atomic E-state index is 0.0120. The van der Waals surface area contributed by atoms with Crippen molar-refractivity contribution < 1.29 is 9.84 Å². The number of anilines is 1. The summed E-state index contributed by atoms with van der Waals surface area (Å²) in [5.41, 5.74) is 7.52. The normalized spacial score (nSPS) is 19.1. The zero-order chi connectivity index (χ0) is 21.0. The highest BCUT2D eigenvalue weighted by atomic mass is 16.5. The van der Waals surface area contributed by atoms with Crippen molar-refractivity contribution >= 4 is 5.82 Å². The minimum Gasteiger partial charge on any atom is -0.394 e. The summed E-state index contributed by atoms with van der Waals surface area (Å²) in [4.78, 5) is 4.65. The second-order valence-electron chi connectivity index (χ2n) is 8.38. The van der Waals surface area contributed by atoms with Gasteiger partial charge in [-0.3, -0.25) is 0 Å². The van der Waals surface area contributed by atoms with Crippen LogP contribution in [-0.4, -0.2) is 29.8 Å². The van der Waals surface area contributed by atoms with Gasteiger partial charge in [-0.15, -0.1) is 0 Å². The molecule has 0 saturated carbocycles. The predicted octanol–water partition coefficient (Wildman–Crippen LogP) is 4.39. The molecule has 5 heteroatoms. The molecule has 0 radical (unpaired) electrons. The third kappa shape index (κ3) is 4.35. The topological polar surface area (TPSA) is 66.4 Å². The van der Waals surface area contributed by atoms with Crippen LogP contribution in [0.2, 0.25) is 0 Å². The molecule has 0 amide bonds. The van der Waals surface area contributed by atoms with Crippen molar-refractivity contribution in [2.75, 3.05) is 25.1 Å². The van der Waals surface area contributed by atoms with E-state index in [0.29, 0.717) is 12.6 Å². The lowest BCUT2D eigenvalue weighted by Crippen LogP contribution is -2.19. The van der Waals surface area contributed by atoms with E-state index >= 15 is 0 Å². The molecule has 3 heterocycles. The fourth-order valence-electron chi connectivity index (χ4n) is 4.69. The van der Waals surface area contributed by atoms with Gasteiger partial charge in [-0.2, -0.15) is 0 Å². The fraction of sp³-hybridized carbons (Fsp3) is 0.346. The first kappa shape index (κ1) is 20.2. The number of nitrogens with zero attached hydrogens (tertiary/aromatic N) is 1. The summed E-state index contributed by atoms with van der Waals surface area (Å²) in [5.74, 6) is 0.760. The molecule has 3 aromatic rings. The quantitative estimate of drug-likeness (QED) is 0.557. The number of benzene rings is 2. The molecule has 1 saturated heterocycles. The highest BCUT2D eigenvalue weighted by Crippen LogP contribution is 2.35. The number of pyridine rings is 1. The molecule has 1 aromatic heterocycles. The van der Waals surface area contributed by atoms with Crippen LogP contribution in [0.4, 0.5) is 5.82 Å². The van der Waals surface area contributed by atoms with Crippen molar-refractivity contribution in [2.45, 2.75) is 38.0 Å². The minimum atomic E-state index is -0.177. The number of aromatic nitrogens is 1. The smallest absolute Gasteiger partial charge is 0.126 e. The Bertz CT molecular complexity index is 1010. The number of nitrogens with one attached hydrogen (secondary N) is 2. The van der Waals surface area contributed by atoms with Crippen molar-refractivity contribution in [3.05, 3.63) is 83.0 Å². The van der Waals surface area contributed by atoms with Crippen molar-refractivity contribution in [1.82, 2.24) is 10.3 Å². The van der Waals surface area contributed by atoms with E-state index in [0.717, 1.165) is 36.5 Å². The second kappa shape index (κ2) is 9.18. The molecule has 0 spiro atoms. The van der Waals surface area contributed by atoms with Gasteiger partial charge < -0.3 is 20.5 Å².